The van der Waals surface area contributed by atoms with Crippen LogP contribution >= 0.6 is 0 Å². The fraction of sp³-hybridized carbons (Fsp3) is 0.368. The molecule has 0 aliphatic rings. The molecular weight excluding hydrogens is 256 g/mol. The quantitative estimate of drug-likeness (QED) is 0.862. The van der Waals surface area contributed by atoms with E-state index in [9.17, 15) is 0 Å². The van der Waals surface area contributed by atoms with Gasteiger partial charge in [0.1, 0.15) is 0 Å². The molecule has 1 atom stereocenters. The summed E-state index contributed by atoms with van der Waals surface area (Å²) in [5.74, 6) is 0. The van der Waals surface area contributed by atoms with Gasteiger partial charge >= 0.3 is 0 Å². The molecule has 2 nitrogen and oxygen atoms in total. The van der Waals surface area contributed by atoms with Crippen molar-refractivity contribution in [2.75, 3.05) is 24.3 Å². The van der Waals surface area contributed by atoms with Crippen LogP contribution in [0.15, 0.2) is 36.4 Å². The van der Waals surface area contributed by atoms with E-state index in [0.717, 1.165) is 5.69 Å². The topological polar surface area (TPSA) is 15.3 Å². The molecule has 112 valence electrons. The molecule has 0 heterocycles. The van der Waals surface area contributed by atoms with Crippen molar-refractivity contribution in [1.29, 1.82) is 0 Å². The molecule has 2 heteroatoms. The highest BCUT2D eigenvalue weighted by Crippen LogP contribution is 2.26. The first-order valence-corrected chi connectivity index (χ1v) is 7.49. The first kappa shape index (κ1) is 15.4. The molecule has 0 aliphatic carbocycles. The maximum absolute atomic E-state index is 3.61. The van der Waals surface area contributed by atoms with E-state index in [-0.39, 0.29) is 0 Å². The van der Waals surface area contributed by atoms with Gasteiger partial charge in [0.15, 0.2) is 0 Å². The zero-order valence-electron chi connectivity index (χ0n) is 14.0. The van der Waals surface area contributed by atoms with Gasteiger partial charge < -0.3 is 10.2 Å². The van der Waals surface area contributed by atoms with E-state index in [1.165, 1.54) is 27.9 Å². The molecule has 0 saturated carbocycles. The minimum atomic E-state index is 0.293. The number of rotatable bonds is 4. The third kappa shape index (κ3) is 3.78. The van der Waals surface area contributed by atoms with E-state index in [0.29, 0.717) is 6.04 Å². The van der Waals surface area contributed by atoms with Gasteiger partial charge in [-0.2, -0.15) is 0 Å². The van der Waals surface area contributed by atoms with Gasteiger partial charge in [0.2, 0.25) is 0 Å². The average Bonchev–Trinajstić information content (AvgIpc) is 2.39. The first-order valence-electron chi connectivity index (χ1n) is 7.49. The van der Waals surface area contributed by atoms with Crippen LogP contribution < -0.4 is 10.2 Å². The molecule has 0 bridgehead atoms. The van der Waals surface area contributed by atoms with Gasteiger partial charge in [-0.15, -0.1) is 0 Å². The van der Waals surface area contributed by atoms with Crippen molar-refractivity contribution in [3.05, 3.63) is 58.7 Å². The lowest BCUT2D eigenvalue weighted by Gasteiger charge is -2.21. The Bertz CT molecular complexity index is 609. The van der Waals surface area contributed by atoms with Crippen LogP contribution in [0.5, 0.6) is 0 Å². The molecule has 2 rings (SSSR count). The Morgan fingerprint density at radius 1 is 0.905 bits per heavy atom. The molecule has 2 aromatic rings. The number of hydrogen-bond donors (Lipinski definition) is 1. The summed E-state index contributed by atoms with van der Waals surface area (Å²) in [5, 5.41) is 3.61. The Balaban J connectivity index is 2.23. The lowest BCUT2D eigenvalue weighted by molar-refractivity contribution is 0.880. The van der Waals surface area contributed by atoms with Crippen molar-refractivity contribution in [2.45, 2.75) is 33.7 Å². The van der Waals surface area contributed by atoms with Crippen molar-refractivity contribution in [3.8, 4) is 0 Å². The van der Waals surface area contributed by atoms with Crippen LogP contribution in [0.2, 0.25) is 0 Å². The fourth-order valence-electron chi connectivity index (χ4n) is 2.77. The monoisotopic (exact) mass is 282 g/mol. The lowest BCUT2D eigenvalue weighted by Crippen LogP contribution is -2.12. The van der Waals surface area contributed by atoms with Crippen LogP contribution in [-0.2, 0) is 0 Å². The maximum atomic E-state index is 3.61. The van der Waals surface area contributed by atoms with Gasteiger partial charge in [0.25, 0.3) is 0 Å². The van der Waals surface area contributed by atoms with Crippen molar-refractivity contribution >= 4 is 11.4 Å². The van der Waals surface area contributed by atoms with Crippen molar-refractivity contribution < 1.29 is 0 Å². The molecular formula is C19H26N2. The molecule has 1 N–H and O–H groups in total. The molecule has 0 amide bonds. The highest BCUT2D eigenvalue weighted by Gasteiger charge is 2.08. The van der Waals surface area contributed by atoms with E-state index in [1.807, 2.05) is 0 Å². The van der Waals surface area contributed by atoms with Crippen molar-refractivity contribution in [2.24, 2.45) is 0 Å². The zero-order valence-corrected chi connectivity index (χ0v) is 14.0. The van der Waals surface area contributed by atoms with Crippen LogP contribution in [0.4, 0.5) is 11.4 Å². The van der Waals surface area contributed by atoms with E-state index >= 15 is 0 Å². The summed E-state index contributed by atoms with van der Waals surface area (Å²) in [4.78, 5) is 2.15. The number of aryl methyl sites for hydroxylation is 3. The predicted molar refractivity (Wildman–Crippen MR) is 93.5 cm³/mol. The molecule has 21 heavy (non-hydrogen) atoms. The number of anilines is 2. The highest BCUT2D eigenvalue weighted by molar-refractivity contribution is 5.62. The Morgan fingerprint density at radius 2 is 1.52 bits per heavy atom. The molecule has 0 saturated heterocycles. The Hall–Kier alpha value is -1.96. The summed E-state index contributed by atoms with van der Waals surface area (Å²) in [6.07, 6.45) is 0. The number of benzene rings is 2. The minimum absolute atomic E-state index is 0.293. The third-order valence-corrected chi connectivity index (χ3v) is 3.82. The third-order valence-electron chi connectivity index (χ3n) is 3.82. The molecule has 0 aliphatic heterocycles. The summed E-state index contributed by atoms with van der Waals surface area (Å²) in [7, 11) is 4.17. The zero-order chi connectivity index (χ0) is 15.6. The summed E-state index contributed by atoms with van der Waals surface area (Å²) in [6.45, 7) is 8.66. The second-order valence-corrected chi connectivity index (χ2v) is 6.18. The van der Waals surface area contributed by atoms with Gasteiger partial charge in [0.05, 0.1) is 0 Å². The fourth-order valence-corrected chi connectivity index (χ4v) is 2.77. The second kappa shape index (κ2) is 6.21. The predicted octanol–water partition coefficient (Wildman–Crippen LogP) is 4.85. The standard InChI is InChI=1S/C19H26N2/c1-13-9-14(2)11-17(10-13)16(4)20-18-8-7-15(3)19(12-18)21(5)6/h7-12,16,20H,1-6H3. The normalized spacial score (nSPS) is 12.1. The Labute approximate surface area is 128 Å². The number of nitrogens with zero attached hydrogens (tertiary/aromatic N) is 1. The minimum Gasteiger partial charge on any atom is -0.378 e. The molecule has 2 aromatic carbocycles. The summed E-state index contributed by atoms with van der Waals surface area (Å²) in [5.41, 5.74) is 7.68. The molecule has 0 spiro atoms. The summed E-state index contributed by atoms with van der Waals surface area (Å²) >= 11 is 0. The molecule has 1 unspecified atom stereocenters. The van der Waals surface area contributed by atoms with Crippen LogP contribution in [0.3, 0.4) is 0 Å². The highest BCUT2D eigenvalue weighted by atomic mass is 15.1. The Morgan fingerprint density at radius 3 is 2.10 bits per heavy atom. The smallest absolute Gasteiger partial charge is 0.0485 e. The summed E-state index contributed by atoms with van der Waals surface area (Å²) in [6, 6.07) is 13.6. The van der Waals surface area contributed by atoms with Crippen LogP contribution in [0, 0.1) is 20.8 Å². The number of nitrogens with one attached hydrogen (secondary N) is 1. The van der Waals surface area contributed by atoms with Gasteiger partial charge in [-0.3, -0.25) is 0 Å². The van der Waals surface area contributed by atoms with Crippen molar-refractivity contribution in [3.63, 3.8) is 0 Å². The molecule has 0 fully saturated rings. The van der Waals surface area contributed by atoms with Crippen LogP contribution in [0.1, 0.15) is 35.2 Å². The Kier molecular flexibility index (Phi) is 4.56. The van der Waals surface area contributed by atoms with Gasteiger partial charge in [0, 0.05) is 31.5 Å². The van der Waals surface area contributed by atoms with E-state index < -0.39 is 0 Å². The van der Waals surface area contributed by atoms with Gasteiger partial charge in [-0.05, 0) is 51.0 Å². The lowest BCUT2D eigenvalue weighted by atomic mass is 10.0. The first-order chi connectivity index (χ1) is 9.86. The van der Waals surface area contributed by atoms with Gasteiger partial charge in [-0.25, -0.2) is 0 Å². The molecule has 0 aromatic heterocycles. The number of hydrogen-bond acceptors (Lipinski definition) is 2. The SMILES string of the molecule is Cc1cc(C)cc(C(C)Nc2ccc(C)c(N(C)C)c2)c1. The van der Waals surface area contributed by atoms with Crippen LogP contribution in [0.25, 0.3) is 0 Å². The van der Waals surface area contributed by atoms with Gasteiger partial charge in [-0.1, -0.05) is 35.4 Å². The second-order valence-electron chi connectivity index (χ2n) is 6.18. The summed E-state index contributed by atoms with van der Waals surface area (Å²) < 4.78 is 0. The average molecular weight is 282 g/mol. The van der Waals surface area contributed by atoms with E-state index in [4.69, 9.17) is 0 Å². The van der Waals surface area contributed by atoms with Crippen LogP contribution in [-0.4, -0.2) is 14.1 Å². The van der Waals surface area contributed by atoms with E-state index in [2.05, 4.69) is 88.4 Å². The van der Waals surface area contributed by atoms with E-state index in [1.54, 1.807) is 0 Å². The maximum Gasteiger partial charge on any atom is 0.0485 e. The largest absolute Gasteiger partial charge is 0.378 e. The van der Waals surface area contributed by atoms with Crippen molar-refractivity contribution in [1.82, 2.24) is 0 Å². The molecule has 0 radical (unpaired) electrons.